The lowest BCUT2D eigenvalue weighted by molar-refractivity contribution is 0.0675. The van der Waals surface area contributed by atoms with Crippen LogP contribution in [0.4, 0.5) is 0 Å². The first-order valence-corrected chi connectivity index (χ1v) is 11.6. The van der Waals surface area contributed by atoms with Crippen molar-refractivity contribution in [1.29, 1.82) is 0 Å². The molecule has 0 aliphatic carbocycles. The highest BCUT2D eigenvalue weighted by Gasteiger charge is 2.31. The number of aryl methyl sites for hydroxylation is 1. The van der Waals surface area contributed by atoms with E-state index in [9.17, 15) is 13.2 Å². The van der Waals surface area contributed by atoms with Gasteiger partial charge in [-0.15, -0.1) is 0 Å². The molecule has 0 bridgehead atoms. The molecule has 3 rings (SSSR count). The van der Waals surface area contributed by atoms with Crippen molar-refractivity contribution in [3.05, 3.63) is 53.5 Å². The van der Waals surface area contributed by atoms with Gasteiger partial charge in [-0.05, 0) is 76.9 Å². The molecule has 6 nitrogen and oxygen atoms in total. The van der Waals surface area contributed by atoms with Gasteiger partial charge in [-0.2, -0.15) is 4.31 Å². The van der Waals surface area contributed by atoms with Crippen molar-refractivity contribution in [1.82, 2.24) is 9.21 Å². The number of furan rings is 1. The third-order valence-electron chi connectivity index (χ3n) is 5.46. The highest BCUT2D eigenvalue weighted by Crippen LogP contribution is 2.25. The molecule has 0 spiro atoms. The number of carbonyl (C=O) groups is 1. The number of rotatable bonds is 6. The Bertz CT molecular complexity index is 947. The lowest BCUT2D eigenvalue weighted by Crippen LogP contribution is -2.41. The second-order valence-corrected chi connectivity index (χ2v) is 9.91. The molecule has 1 aliphatic heterocycles. The number of carbonyl (C=O) groups excluding carboxylic acids is 1. The van der Waals surface area contributed by atoms with Crippen LogP contribution in [-0.2, 0) is 16.6 Å². The van der Waals surface area contributed by atoms with Gasteiger partial charge in [-0.1, -0.05) is 6.42 Å². The van der Waals surface area contributed by atoms with Crippen LogP contribution in [0.15, 0.2) is 45.7 Å². The van der Waals surface area contributed by atoms with Crippen molar-refractivity contribution in [2.75, 3.05) is 6.54 Å². The van der Waals surface area contributed by atoms with E-state index in [-0.39, 0.29) is 22.9 Å². The van der Waals surface area contributed by atoms with Crippen LogP contribution in [0.3, 0.4) is 0 Å². The minimum atomic E-state index is -3.54. The van der Waals surface area contributed by atoms with Gasteiger partial charge in [-0.25, -0.2) is 8.42 Å². The zero-order valence-corrected chi connectivity index (χ0v) is 18.4. The molecule has 2 aromatic rings. The zero-order valence-electron chi connectivity index (χ0n) is 17.6. The first kappa shape index (κ1) is 21.6. The standard InChI is InChI=1S/C22H30N2O4S/c1-16(2)23(15-20-11-8-18(4)28-20)22(25)19-9-12-21(13-10-19)29(26,27)24-14-6-5-7-17(24)3/h8-13,16-17H,5-7,14-15H2,1-4H3. The third-order valence-corrected chi connectivity index (χ3v) is 7.48. The monoisotopic (exact) mass is 418 g/mol. The van der Waals surface area contributed by atoms with Gasteiger partial charge in [0.1, 0.15) is 11.5 Å². The van der Waals surface area contributed by atoms with E-state index in [0.29, 0.717) is 18.7 Å². The van der Waals surface area contributed by atoms with Gasteiger partial charge in [0.25, 0.3) is 5.91 Å². The molecular weight excluding hydrogens is 388 g/mol. The van der Waals surface area contributed by atoms with Gasteiger partial charge >= 0.3 is 0 Å². The maximum absolute atomic E-state index is 13.0. The third kappa shape index (κ3) is 4.73. The van der Waals surface area contributed by atoms with E-state index in [2.05, 4.69) is 0 Å². The predicted molar refractivity (Wildman–Crippen MR) is 112 cm³/mol. The van der Waals surface area contributed by atoms with Crippen LogP contribution in [0.5, 0.6) is 0 Å². The molecule has 1 unspecified atom stereocenters. The molecule has 0 radical (unpaired) electrons. The fraction of sp³-hybridized carbons (Fsp3) is 0.500. The van der Waals surface area contributed by atoms with E-state index in [0.717, 1.165) is 30.8 Å². The first-order valence-electron chi connectivity index (χ1n) is 10.2. The van der Waals surface area contributed by atoms with Crippen LogP contribution < -0.4 is 0 Å². The van der Waals surface area contributed by atoms with Gasteiger partial charge in [0.2, 0.25) is 10.0 Å². The molecule has 1 saturated heterocycles. The number of nitrogens with zero attached hydrogens (tertiary/aromatic N) is 2. The number of piperidine rings is 1. The average molecular weight is 419 g/mol. The van der Waals surface area contributed by atoms with Gasteiger partial charge < -0.3 is 9.32 Å². The fourth-order valence-corrected chi connectivity index (χ4v) is 5.43. The van der Waals surface area contributed by atoms with E-state index in [4.69, 9.17) is 4.42 Å². The van der Waals surface area contributed by atoms with Crippen LogP contribution in [0.25, 0.3) is 0 Å². The molecule has 1 atom stereocenters. The van der Waals surface area contributed by atoms with Crippen molar-refractivity contribution in [3.8, 4) is 0 Å². The topological polar surface area (TPSA) is 70.8 Å². The minimum Gasteiger partial charge on any atom is -0.464 e. The Labute approximate surface area is 173 Å². The summed E-state index contributed by atoms with van der Waals surface area (Å²) in [5.74, 6) is 1.38. The van der Waals surface area contributed by atoms with Crippen molar-refractivity contribution < 1.29 is 17.6 Å². The van der Waals surface area contributed by atoms with E-state index in [1.807, 2.05) is 39.8 Å². The van der Waals surface area contributed by atoms with Crippen LogP contribution in [0.2, 0.25) is 0 Å². The molecule has 158 valence electrons. The summed E-state index contributed by atoms with van der Waals surface area (Å²) >= 11 is 0. The summed E-state index contributed by atoms with van der Waals surface area (Å²) in [4.78, 5) is 15.0. The van der Waals surface area contributed by atoms with Gasteiger partial charge in [0, 0.05) is 24.2 Å². The second-order valence-electron chi connectivity index (χ2n) is 8.02. The molecule has 0 N–H and O–H groups in total. The second kappa shape index (κ2) is 8.71. The molecule has 29 heavy (non-hydrogen) atoms. The van der Waals surface area contributed by atoms with Crippen molar-refractivity contribution >= 4 is 15.9 Å². The first-order chi connectivity index (χ1) is 13.7. The molecule has 7 heteroatoms. The Morgan fingerprint density at radius 1 is 1.17 bits per heavy atom. The largest absolute Gasteiger partial charge is 0.464 e. The summed E-state index contributed by atoms with van der Waals surface area (Å²) in [5, 5.41) is 0. The smallest absolute Gasteiger partial charge is 0.254 e. The number of sulfonamides is 1. The van der Waals surface area contributed by atoms with E-state index in [1.54, 1.807) is 33.5 Å². The molecule has 1 amide bonds. The highest BCUT2D eigenvalue weighted by atomic mass is 32.2. The maximum atomic E-state index is 13.0. The summed E-state index contributed by atoms with van der Waals surface area (Å²) in [6.07, 6.45) is 2.82. The lowest BCUT2D eigenvalue weighted by atomic mass is 10.1. The Balaban J connectivity index is 1.79. The quantitative estimate of drug-likeness (QED) is 0.705. The van der Waals surface area contributed by atoms with Crippen LogP contribution in [0, 0.1) is 6.92 Å². The lowest BCUT2D eigenvalue weighted by Gasteiger charge is -2.32. The molecule has 0 saturated carbocycles. The van der Waals surface area contributed by atoms with Crippen molar-refractivity contribution in [2.24, 2.45) is 0 Å². The Hall–Kier alpha value is -2.12. The van der Waals surface area contributed by atoms with Gasteiger partial charge in [-0.3, -0.25) is 4.79 Å². The Kier molecular flexibility index (Phi) is 6.49. The number of benzene rings is 1. The van der Waals surface area contributed by atoms with Crippen molar-refractivity contribution in [3.63, 3.8) is 0 Å². The van der Waals surface area contributed by atoms with Gasteiger partial charge in [0.15, 0.2) is 0 Å². The summed E-state index contributed by atoms with van der Waals surface area (Å²) in [6, 6.07) is 10.0. The molecule has 1 fully saturated rings. The average Bonchev–Trinajstić information content (AvgIpc) is 3.10. The van der Waals surface area contributed by atoms with E-state index in [1.165, 1.54) is 0 Å². The summed E-state index contributed by atoms with van der Waals surface area (Å²) in [7, 11) is -3.54. The minimum absolute atomic E-state index is 0.00300. The van der Waals surface area contributed by atoms with E-state index < -0.39 is 10.0 Å². The van der Waals surface area contributed by atoms with Crippen LogP contribution in [0.1, 0.15) is 61.9 Å². The highest BCUT2D eigenvalue weighted by molar-refractivity contribution is 7.89. The molecule has 2 heterocycles. The van der Waals surface area contributed by atoms with E-state index >= 15 is 0 Å². The Morgan fingerprint density at radius 2 is 1.86 bits per heavy atom. The molecule has 1 aromatic carbocycles. The van der Waals surface area contributed by atoms with Gasteiger partial charge in [0.05, 0.1) is 11.4 Å². The number of hydrogen-bond donors (Lipinski definition) is 0. The molecule has 1 aliphatic rings. The Morgan fingerprint density at radius 3 is 2.41 bits per heavy atom. The molecular formula is C22H30N2O4S. The summed E-state index contributed by atoms with van der Waals surface area (Å²) in [5.41, 5.74) is 0.465. The van der Waals surface area contributed by atoms with Crippen LogP contribution >= 0.6 is 0 Å². The fourth-order valence-electron chi connectivity index (χ4n) is 3.73. The SMILES string of the molecule is Cc1ccc(CN(C(=O)c2ccc(S(=O)(=O)N3CCCCC3C)cc2)C(C)C)o1. The number of amides is 1. The molecule has 1 aromatic heterocycles. The normalized spacial score (nSPS) is 18.2. The van der Waals surface area contributed by atoms with Crippen LogP contribution in [-0.4, -0.2) is 42.2 Å². The maximum Gasteiger partial charge on any atom is 0.254 e. The summed E-state index contributed by atoms with van der Waals surface area (Å²) < 4.78 is 33.2. The predicted octanol–water partition coefficient (Wildman–Crippen LogP) is 4.20. The van der Waals surface area contributed by atoms with Crippen molar-refractivity contribution in [2.45, 2.75) is 70.5 Å². The number of hydrogen-bond acceptors (Lipinski definition) is 4. The summed E-state index contributed by atoms with van der Waals surface area (Å²) in [6.45, 7) is 8.64. The zero-order chi connectivity index (χ0) is 21.2.